The number of carboxylic acids is 1. The van der Waals surface area contributed by atoms with Gasteiger partial charge >= 0.3 is 5.97 Å². The van der Waals surface area contributed by atoms with E-state index in [1.54, 1.807) is 0 Å². The highest BCUT2D eigenvalue weighted by Gasteiger charge is 2.32. The summed E-state index contributed by atoms with van der Waals surface area (Å²) in [6, 6.07) is 9.07. The first-order chi connectivity index (χ1) is 18.9. The van der Waals surface area contributed by atoms with Crippen molar-refractivity contribution in [3.05, 3.63) is 58.9 Å². The van der Waals surface area contributed by atoms with Gasteiger partial charge in [0, 0.05) is 32.0 Å². The third kappa shape index (κ3) is 9.74. The Kier molecular flexibility index (Phi) is 11.1. The van der Waals surface area contributed by atoms with Crippen LogP contribution in [0.25, 0.3) is 0 Å². The molecule has 0 fully saturated rings. The van der Waals surface area contributed by atoms with Crippen molar-refractivity contribution in [2.24, 2.45) is 0 Å². The molecule has 4 nitrogen and oxygen atoms in total. The summed E-state index contributed by atoms with van der Waals surface area (Å²) < 4.78 is 12.1. The summed E-state index contributed by atoms with van der Waals surface area (Å²) in [4.78, 5) is 13.5. The zero-order valence-electron chi connectivity index (χ0n) is 28.7. The van der Waals surface area contributed by atoms with Gasteiger partial charge in [0.1, 0.15) is 11.5 Å². The van der Waals surface area contributed by atoms with E-state index in [9.17, 15) is 4.79 Å². The molecule has 0 spiro atoms. The second-order valence-corrected chi connectivity index (χ2v) is 19.1. The summed E-state index contributed by atoms with van der Waals surface area (Å²) in [7, 11) is 0. The van der Waals surface area contributed by atoms with E-state index in [2.05, 4.69) is 128 Å². The average Bonchev–Trinajstić information content (AvgIpc) is 2.77. The highest BCUT2D eigenvalue weighted by Crippen LogP contribution is 2.51. The SMILES string of the molecule is CCOc1c(C(C)(C)C)cc(SC(C)(C)Sc2cc(C(C)(C)C)c(OC=CC(=O)O)c(C(C)(C)C)c2)cc1C(C)(C)C. The Bertz CT molecular complexity index is 1220. The van der Waals surface area contributed by atoms with Crippen LogP contribution in [0.2, 0.25) is 0 Å². The number of hydrogen-bond acceptors (Lipinski definition) is 5. The Morgan fingerprint density at radius 2 is 1.00 bits per heavy atom. The first kappa shape index (κ1) is 36.1. The van der Waals surface area contributed by atoms with Gasteiger partial charge in [-0.05, 0) is 66.7 Å². The van der Waals surface area contributed by atoms with Crippen LogP contribution in [0.3, 0.4) is 0 Å². The quantitative estimate of drug-likeness (QED) is 0.131. The van der Waals surface area contributed by atoms with Crippen LogP contribution < -0.4 is 9.47 Å². The molecule has 0 saturated heterocycles. The first-order valence-electron chi connectivity index (χ1n) is 14.8. The van der Waals surface area contributed by atoms with E-state index in [-0.39, 0.29) is 25.7 Å². The molecular weight excluding hydrogens is 561 g/mol. The number of carboxylic acid groups (broad SMARTS) is 1. The molecule has 0 radical (unpaired) electrons. The number of benzene rings is 2. The number of rotatable bonds is 9. The molecule has 1 N–H and O–H groups in total. The van der Waals surface area contributed by atoms with Crippen molar-refractivity contribution in [2.75, 3.05) is 6.61 Å². The Morgan fingerprint density at radius 1 is 0.667 bits per heavy atom. The van der Waals surface area contributed by atoms with E-state index in [0.717, 1.165) is 33.6 Å². The molecule has 6 heteroatoms. The lowest BCUT2D eigenvalue weighted by molar-refractivity contribution is -0.131. The van der Waals surface area contributed by atoms with Gasteiger partial charge in [0.2, 0.25) is 0 Å². The molecule has 0 aliphatic rings. The zero-order chi connectivity index (χ0) is 32.5. The molecule has 2 aromatic rings. The maximum Gasteiger partial charge on any atom is 0.331 e. The van der Waals surface area contributed by atoms with Gasteiger partial charge < -0.3 is 14.6 Å². The van der Waals surface area contributed by atoms with E-state index in [1.807, 2.05) is 23.5 Å². The molecule has 0 atom stereocenters. The monoisotopic (exact) mass is 614 g/mol. The van der Waals surface area contributed by atoms with Crippen LogP contribution in [-0.2, 0) is 26.5 Å². The van der Waals surface area contributed by atoms with Gasteiger partial charge in [-0.15, -0.1) is 23.5 Å². The Balaban J connectivity index is 2.66. The van der Waals surface area contributed by atoms with E-state index in [0.29, 0.717) is 6.61 Å². The minimum atomic E-state index is -1.03. The third-order valence-electron chi connectivity index (χ3n) is 6.77. The van der Waals surface area contributed by atoms with Gasteiger partial charge in [-0.25, -0.2) is 4.79 Å². The molecule has 0 aliphatic carbocycles. The van der Waals surface area contributed by atoms with Crippen LogP contribution >= 0.6 is 23.5 Å². The maximum atomic E-state index is 11.1. The van der Waals surface area contributed by atoms with Gasteiger partial charge in [0.25, 0.3) is 0 Å². The second kappa shape index (κ2) is 12.9. The number of thioether (sulfide) groups is 2. The lowest BCUT2D eigenvalue weighted by Gasteiger charge is -2.33. The van der Waals surface area contributed by atoms with E-state index in [1.165, 1.54) is 22.3 Å². The topological polar surface area (TPSA) is 55.8 Å². The van der Waals surface area contributed by atoms with E-state index < -0.39 is 5.97 Å². The minimum Gasteiger partial charge on any atom is -0.493 e. The van der Waals surface area contributed by atoms with Gasteiger partial charge in [-0.1, -0.05) is 83.1 Å². The predicted octanol–water partition coefficient (Wildman–Crippen LogP) is 10.9. The smallest absolute Gasteiger partial charge is 0.331 e. The molecule has 42 heavy (non-hydrogen) atoms. The van der Waals surface area contributed by atoms with Crippen molar-refractivity contribution < 1.29 is 19.4 Å². The van der Waals surface area contributed by atoms with Crippen LogP contribution in [0.15, 0.2) is 46.4 Å². The molecule has 0 aromatic heterocycles. The maximum absolute atomic E-state index is 11.1. The number of hydrogen-bond donors (Lipinski definition) is 1. The molecule has 0 saturated carbocycles. The fourth-order valence-electron chi connectivity index (χ4n) is 4.73. The highest BCUT2D eigenvalue weighted by molar-refractivity contribution is 8.18. The van der Waals surface area contributed by atoms with Crippen LogP contribution in [-0.4, -0.2) is 21.8 Å². The van der Waals surface area contributed by atoms with E-state index >= 15 is 0 Å². The number of carbonyl (C=O) groups is 1. The van der Waals surface area contributed by atoms with Crippen molar-refractivity contribution >= 4 is 29.5 Å². The van der Waals surface area contributed by atoms with Crippen molar-refractivity contribution in [2.45, 2.75) is 139 Å². The third-order valence-corrected chi connectivity index (χ3v) is 9.20. The fraction of sp³-hybridized carbons (Fsp3) is 0.583. The molecule has 2 aromatic carbocycles. The van der Waals surface area contributed by atoms with Crippen LogP contribution in [0.4, 0.5) is 0 Å². The van der Waals surface area contributed by atoms with Gasteiger partial charge in [-0.2, -0.15) is 0 Å². The van der Waals surface area contributed by atoms with Crippen molar-refractivity contribution in [3.63, 3.8) is 0 Å². The van der Waals surface area contributed by atoms with Crippen LogP contribution in [0, 0.1) is 0 Å². The molecule has 0 unspecified atom stereocenters. The second-order valence-electron chi connectivity index (χ2n) is 15.5. The normalized spacial score (nSPS) is 13.5. The van der Waals surface area contributed by atoms with Gasteiger partial charge in [-0.3, -0.25) is 0 Å². The standard InChI is InChI=1S/C36H54O4S2/c1-16-39-30-25(32(2,3)4)19-23(20-26(30)33(5,6)7)41-36(14,15)42-24-21-27(34(8,9)10)31(40-18-17-29(37)38)28(22-24)35(11,12)13/h17-22H,16H2,1-15H3,(H,37,38). The average molecular weight is 615 g/mol. The predicted molar refractivity (Wildman–Crippen MR) is 182 cm³/mol. The largest absolute Gasteiger partial charge is 0.493 e. The summed E-state index contributed by atoms with van der Waals surface area (Å²) in [5.41, 5.74) is 4.04. The van der Waals surface area contributed by atoms with Gasteiger partial charge in [0.15, 0.2) is 0 Å². The molecule has 0 amide bonds. The number of aliphatic carboxylic acids is 1. The Hall–Kier alpha value is -2.05. The van der Waals surface area contributed by atoms with Crippen molar-refractivity contribution in [3.8, 4) is 11.5 Å². The lowest BCUT2D eigenvalue weighted by atomic mass is 9.79. The summed E-state index contributed by atoms with van der Waals surface area (Å²) in [6.45, 7) is 33.8. The van der Waals surface area contributed by atoms with Crippen LogP contribution in [0.1, 0.15) is 126 Å². The minimum absolute atomic E-state index is 0.0630. The summed E-state index contributed by atoms with van der Waals surface area (Å²) >= 11 is 3.72. The Morgan fingerprint density at radius 3 is 1.29 bits per heavy atom. The molecule has 0 bridgehead atoms. The van der Waals surface area contributed by atoms with E-state index in [4.69, 9.17) is 14.6 Å². The molecule has 0 aliphatic heterocycles. The highest BCUT2D eigenvalue weighted by atomic mass is 32.2. The van der Waals surface area contributed by atoms with Crippen molar-refractivity contribution in [1.29, 1.82) is 0 Å². The summed E-state index contributed by atoms with van der Waals surface area (Å²) in [5.74, 6) is 0.719. The first-order valence-corrected chi connectivity index (χ1v) is 16.4. The lowest BCUT2D eigenvalue weighted by Crippen LogP contribution is -2.21. The molecular formula is C36H54O4S2. The van der Waals surface area contributed by atoms with Crippen LogP contribution in [0.5, 0.6) is 11.5 Å². The number of ether oxygens (including phenoxy) is 2. The molecule has 0 heterocycles. The molecule has 234 valence electrons. The summed E-state index contributed by atoms with van der Waals surface area (Å²) in [5, 5.41) is 9.13. The summed E-state index contributed by atoms with van der Waals surface area (Å²) in [6.07, 6.45) is 2.32. The molecule has 2 rings (SSSR count). The zero-order valence-corrected chi connectivity index (χ0v) is 30.3. The van der Waals surface area contributed by atoms with Gasteiger partial charge in [0.05, 0.1) is 23.0 Å². The fourth-order valence-corrected chi connectivity index (χ4v) is 7.31. The van der Waals surface area contributed by atoms with Crippen molar-refractivity contribution in [1.82, 2.24) is 0 Å². The Labute approximate surface area is 264 Å².